The molecule has 1 saturated carbocycles. The number of hydrogen-bond acceptors (Lipinski definition) is 8. The number of amides is 2. The molecule has 0 saturated heterocycles. The van der Waals surface area contributed by atoms with E-state index in [2.05, 4.69) is 15.4 Å². The summed E-state index contributed by atoms with van der Waals surface area (Å²) in [4.78, 5) is 29.1. The van der Waals surface area contributed by atoms with E-state index in [1.807, 2.05) is 0 Å². The fourth-order valence-corrected chi connectivity index (χ4v) is 4.58. The van der Waals surface area contributed by atoms with Crippen molar-refractivity contribution < 1.29 is 24.2 Å². The molecule has 0 atom stereocenters. The fourth-order valence-electron chi connectivity index (χ4n) is 3.88. The van der Waals surface area contributed by atoms with Crippen molar-refractivity contribution in [1.82, 2.24) is 19.9 Å². The van der Waals surface area contributed by atoms with Crippen LogP contribution in [-0.4, -0.2) is 55.9 Å². The molecule has 0 unspecified atom stereocenters. The number of nitrogens with two attached hydrogens (primary N) is 1. The summed E-state index contributed by atoms with van der Waals surface area (Å²) in [5.41, 5.74) is 5.62. The molecule has 3 aromatic rings. The highest BCUT2D eigenvalue weighted by molar-refractivity contribution is 7.13. The number of aryl methyl sites for hydroxylation is 1. The quantitative estimate of drug-likeness (QED) is 0.443. The third kappa shape index (κ3) is 5.65. The summed E-state index contributed by atoms with van der Waals surface area (Å²) in [5.74, 6) is 0.138. The van der Waals surface area contributed by atoms with Crippen molar-refractivity contribution in [3.63, 3.8) is 0 Å². The maximum Gasteiger partial charge on any atom is 0.264 e. The van der Waals surface area contributed by atoms with Crippen molar-refractivity contribution in [3.05, 3.63) is 40.0 Å². The van der Waals surface area contributed by atoms with Crippen molar-refractivity contribution in [2.24, 2.45) is 5.73 Å². The van der Waals surface area contributed by atoms with Crippen molar-refractivity contribution in [2.75, 3.05) is 6.61 Å². The van der Waals surface area contributed by atoms with Gasteiger partial charge < -0.3 is 25.6 Å². The zero-order valence-electron chi connectivity index (χ0n) is 19.4. The number of carbonyl (C=O) groups is 2. The van der Waals surface area contributed by atoms with Crippen LogP contribution in [0.25, 0.3) is 5.52 Å². The third-order valence-corrected chi connectivity index (χ3v) is 6.51. The van der Waals surface area contributed by atoms with E-state index < -0.39 is 11.5 Å². The Hall–Kier alpha value is -3.18. The molecule has 1 fully saturated rings. The Labute approximate surface area is 201 Å². The van der Waals surface area contributed by atoms with Gasteiger partial charge in [0.2, 0.25) is 5.88 Å². The Morgan fingerprint density at radius 3 is 2.71 bits per heavy atom. The van der Waals surface area contributed by atoms with Crippen LogP contribution in [0.1, 0.15) is 64.6 Å². The second-order valence-corrected chi connectivity index (χ2v) is 10.4. The Kier molecular flexibility index (Phi) is 6.76. The molecule has 4 rings (SSSR count). The van der Waals surface area contributed by atoms with Crippen LogP contribution in [0.3, 0.4) is 0 Å². The topological polar surface area (TPSA) is 141 Å². The molecular weight excluding hydrogens is 458 g/mol. The summed E-state index contributed by atoms with van der Waals surface area (Å²) >= 11 is 1.23. The van der Waals surface area contributed by atoms with E-state index in [1.54, 1.807) is 43.6 Å². The molecular formula is C23H29N5O5S. The maximum absolute atomic E-state index is 12.9. The molecule has 1 aliphatic carbocycles. The van der Waals surface area contributed by atoms with Gasteiger partial charge in [0.25, 0.3) is 11.8 Å². The molecule has 2 amide bonds. The summed E-state index contributed by atoms with van der Waals surface area (Å²) in [6, 6.07) is 3.55. The zero-order chi connectivity index (χ0) is 24.5. The summed E-state index contributed by atoms with van der Waals surface area (Å²) in [6.45, 7) is 5.28. The lowest BCUT2D eigenvalue weighted by atomic mass is 9.92. The van der Waals surface area contributed by atoms with Crippen LogP contribution in [0.4, 0.5) is 0 Å². The molecule has 34 heavy (non-hydrogen) atoms. The number of pyridine rings is 1. The number of nitrogens with zero attached hydrogens (tertiary/aromatic N) is 3. The third-order valence-electron chi connectivity index (χ3n) is 5.54. The minimum absolute atomic E-state index is 0.0180. The van der Waals surface area contributed by atoms with E-state index in [4.69, 9.17) is 15.2 Å². The molecule has 0 bridgehead atoms. The largest absolute Gasteiger partial charge is 0.489 e. The molecule has 10 nitrogen and oxygen atoms in total. The predicted molar refractivity (Wildman–Crippen MR) is 126 cm³/mol. The SMILES string of the molecule is Cc1nc(OC2CCC(NC(=O)c3cnn4cc(OCC(C)(C)O)ccc34)CC2)c(C(N)=O)s1. The number of rotatable bonds is 8. The summed E-state index contributed by atoms with van der Waals surface area (Å²) in [6.07, 6.45) is 6.11. The second-order valence-electron chi connectivity index (χ2n) is 9.15. The predicted octanol–water partition coefficient (Wildman–Crippen LogP) is 2.47. The monoisotopic (exact) mass is 487 g/mol. The molecule has 0 spiro atoms. The molecule has 3 aromatic heterocycles. The number of carbonyl (C=O) groups excluding carboxylic acids is 2. The van der Waals surface area contributed by atoms with E-state index in [0.29, 0.717) is 27.6 Å². The normalized spacial score (nSPS) is 18.6. The van der Waals surface area contributed by atoms with E-state index in [-0.39, 0.29) is 24.7 Å². The van der Waals surface area contributed by atoms with Crippen LogP contribution in [-0.2, 0) is 0 Å². The number of ether oxygens (including phenoxy) is 2. The summed E-state index contributed by atoms with van der Waals surface area (Å²) in [7, 11) is 0. The molecule has 1 aliphatic rings. The fraction of sp³-hybridized carbons (Fsp3) is 0.478. The maximum atomic E-state index is 12.9. The van der Waals surface area contributed by atoms with Gasteiger partial charge in [-0.2, -0.15) is 5.10 Å². The first-order valence-corrected chi connectivity index (χ1v) is 12.0. The zero-order valence-corrected chi connectivity index (χ0v) is 20.2. The Morgan fingerprint density at radius 1 is 1.29 bits per heavy atom. The summed E-state index contributed by atoms with van der Waals surface area (Å²) in [5, 5.41) is 17.9. The van der Waals surface area contributed by atoms with Gasteiger partial charge in [0.15, 0.2) is 4.88 Å². The van der Waals surface area contributed by atoms with Crippen LogP contribution in [0.15, 0.2) is 24.5 Å². The van der Waals surface area contributed by atoms with E-state index in [1.165, 1.54) is 17.5 Å². The van der Waals surface area contributed by atoms with Crippen LogP contribution in [0.5, 0.6) is 11.6 Å². The Balaban J connectivity index is 1.33. The number of thiazole rings is 1. The molecule has 11 heteroatoms. The molecule has 4 N–H and O–H groups in total. The van der Waals surface area contributed by atoms with Gasteiger partial charge in [0.1, 0.15) is 18.5 Å². The van der Waals surface area contributed by atoms with Crippen molar-refractivity contribution in [1.29, 1.82) is 0 Å². The van der Waals surface area contributed by atoms with Crippen LogP contribution >= 0.6 is 11.3 Å². The Morgan fingerprint density at radius 2 is 2.03 bits per heavy atom. The first-order chi connectivity index (χ1) is 16.1. The number of aliphatic hydroxyl groups is 1. The number of primary amides is 1. The van der Waals surface area contributed by atoms with E-state index >= 15 is 0 Å². The number of hydrogen-bond donors (Lipinski definition) is 3. The first kappa shape index (κ1) is 24.0. The lowest BCUT2D eigenvalue weighted by Gasteiger charge is -2.29. The van der Waals surface area contributed by atoms with Gasteiger partial charge >= 0.3 is 0 Å². The van der Waals surface area contributed by atoms with Gasteiger partial charge in [-0.05, 0) is 58.6 Å². The number of aromatic nitrogens is 3. The van der Waals surface area contributed by atoms with Gasteiger partial charge in [0.05, 0.1) is 34.1 Å². The minimum atomic E-state index is -0.947. The van der Waals surface area contributed by atoms with Gasteiger partial charge in [-0.15, -0.1) is 11.3 Å². The molecule has 3 heterocycles. The van der Waals surface area contributed by atoms with Gasteiger partial charge in [-0.25, -0.2) is 9.50 Å². The Bertz CT molecular complexity index is 1190. The molecule has 0 radical (unpaired) electrons. The van der Waals surface area contributed by atoms with Crippen molar-refractivity contribution in [2.45, 2.75) is 64.2 Å². The lowest BCUT2D eigenvalue weighted by Crippen LogP contribution is -2.39. The molecule has 0 aromatic carbocycles. The molecule has 182 valence electrons. The van der Waals surface area contributed by atoms with E-state index in [9.17, 15) is 14.7 Å². The van der Waals surface area contributed by atoms with Crippen molar-refractivity contribution in [3.8, 4) is 11.6 Å². The smallest absolute Gasteiger partial charge is 0.264 e. The summed E-state index contributed by atoms with van der Waals surface area (Å²) < 4.78 is 13.1. The molecule has 0 aliphatic heterocycles. The highest BCUT2D eigenvalue weighted by atomic mass is 32.1. The van der Waals surface area contributed by atoms with E-state index in [0.717, 1.165) is 30.7 Å². The number of nitrogens with one attached hydrogen (secondary N) is 1. The van der Waals surface area contributed by atoms with Crippen molar-refractivity contribution >= 4 is 28.7 Å². The standard InChI is InChI=1S/C23H29N5O5S/c1-13-26-22(19(34-13)20(24)29)33-15-6-4-14(5-7-15)27-21(30)17-10-25-28-11-16(8-9-18(17)28)32-12-23(2,3)31/h8-11,14-15,31H,4-7,12H2,1-3H3,(H2,24,29)(H,27,30). The highest BCUT2D eigenvalue weighted by Crippen LogP contribution is 2.29. The van der Waals surface area contributed by atoms with Gasteiger partial charge in [-0.3, -0.25) is 9.59 Å². The highest BCUT2D eigenvalue weighted by Gasteiger charge is 2.27. The first-order valence-electron chi connectivity index (χ1n) is 11.2. The van der Waals surface area contributed by atoms with Gasteiger partial charge in [-0.1, -0.05) is 0 Å². The van der Waals surface area contributed by atoms with Crippen LogP contribution < -0.4 is 20.5 Å². The minimum Gasteiger partial charge on any atom is -0.489 e. The van der Waals surface area contributed by atoms with Gasteiger partial charge in [0, 0.05) is 6.04 Å². The number of fused-ring (bicyclic) bond motifs is 1. The van der Waals surface area contributed by atoms with Crippen LogP contribution in [0, 0.1) is 6.92 Å². The second kappa shape index (κ2) is 9.59. The van der Waals surface area contributed by atoms with Crippen LogP contribution in [0.2, 0.25) is 0 Å². The average molecular weight is 488 g/mol. The lowest BCUT2D eigenvalue weighted by molar-refractivity contribution is 0.0283. The average Bonchev–Trinajstić information content (AvgIpc) is 3.36.